The third-order valence-corrected chi connectivity index (χ3v) is 6.29. The van der Waals surface area contributed by atoms with Crippen molar-refractivity contribution in [3.63, 3.8) is 0 Å². The van der Waals surface area contributed by atoms with Crippen LogP contribution in [-0.4, -0.2) is 22.8 Å². The molecule has 0 aromatic heterocycles. The van der Waals surface area contributed by atoms with E-state index in [4.69, 9.17) is 26.2 Å². The van der Waals surface area contributed by atoms with Crippen LogP contribution in [0.1, 0.15) is 44.2 Å². The fourth-order valence-electron chi connectivity index (χ4n) is 3.82. The van der Waals surface area contributed by atoms with Gasteiger partial charge in [-0.15, -0.1) is 0 Å². The SMILES string of the molecule is CC1(C)Cc2cc(Cl)cc(Sc3ccc4c(c3)CCC(CCC(=O)O)O4)c2O1. The van der Waals surface area contributed by atoms with Crippen LogP contribution in [0.2, 0.25) is 5.02 Å². The second-order valence-corrected chi connectivity index (χ2v) is 9.57. The van der Waals surface area contributed by atoms with E-state index in [1.54, 1.807) is 11.8 Å². The molecule has 0 fully saturated rings. The summed E-state index contributed by atoms with van der Waals surface area (Å²) in [7, 11) is 0. The van der Waals surface area contributed by atoms with Gasteiger partial charge in [-0.25, -0.2) is 0 Å². The van der Waals surface area contributed by atoms with Crippen LogP contribution in [0.15, 0.2) is 40.1 Å². The molecule has 0 radical (unpaired) electrons. The van der Waals surface area contributed by atoms with E-state index in [0.29, 0.717) is 6.42 Å². The number of benzene rings is 2. The van der Waals surface area contributed by atoms with Gasteiger partial charge in [-0.1, -0.05) is 23.4 Å². The predicted molar refractivity (Wildman–Crippen MR) is 110 cm³/mol. The summed E-state index contributed by atoms with van der Waals surface area (Å²) in [6, 6.07) is 10.1. The van der Waals surface area contributed by atoms with Gasteiger partial charge in [0.1, 0.15) is 17.1 Å². The first-order valence-corrected chi connectivity index (χ1v) is 10.7. The number of halogens is 1. The maximum Gasteiger partial charge on any atom is 0.303 e. The molecule has 28 heavy (non-hydrogen) atoms. The topological polar surface area (TPSA) is 55.8 Å². The van der Waals surface area contributed by atoms with Crippen molar-refractivity contribution in [3.05, 3.63) is 46.5 Å². The van der Waals surface area contributed by atoms with Crippen LogP contribution in [0.5, 0.6) is 11.5 Å². The molecule has 148 valence electrons. The van der Waals surface area contributed by atoms with Gasteiger partial charge < -0.3 is 14.6 Å². The number of carbonyl (C=O) groups is 1. The zero-order valence-electron chi connectivity index (χ0n) is 16.0. The highest BCUT2D eigenvalue weighted by Gasteiger charge is 2.32. The highest BCUT2D eigenvalue weighted by atomic mass is 35.5. The van der Waals surface area contributed by atoms with Crippen molar-refractivity contribution in [3.8, 4) is 11.5 Å². The van der Waals surface area contributed by atoms with Gasteiger partial charge in [0.2, 0.25) is 0 Å². The fraction of sp³-hybridized carbons (Fsp3) is 0.409. The van der Waals surface area contributed by atoms with E-state index in [0.717, 1.165) is 56.7 Å². The standard InChI is InChI=1S/C22H23ClO4S/c1-22(2)12-14-9-15(23)11-19(21(14)27-22)28-17-6-7-18-13(10-17)3-4-16(26-18)5-8-20(24)25/h6-7,9-11,16H,3-5,8,12H2,1-2H3,(H,24,25). The van der Waals surface area contributed by atoms with E-state index in [1.807, 2.05) is 24.3 Å². The Balaban J connectivity index is 1.52. The highest BCUT2D eigenvalue weighted by Crippen LogP contribution is 2.46. The molecule has 1 N–H and O–H groups in total. The van der Waals surface area contributed by atoms with Crippen molar-refractivity contribution in [2.75, 3.05) is 0 Å². The summed E-state index contributed by atoms with van der Waals surface area (Å²) in [5, 5.41) is 9.58. The molecule has 0 bridgehead atoms. The van der Waals surface area contributed by atoms with Crippen LogP contribution in [0.4, 0.5) is 0 Å². The van der Waals surface area contributed by atoms with Crippen LogP contribution in [-0.2, 0) is 17.6 Å². The molecule has 1 atom stereocenters. The Morgan fingerprint density at radius 3 is 2.89 bits per heavy atom. The molecule has 0 spiro atoms. The molecule has 4 nitrogen and oxygen atoms in total. The van der Waals surface area contributed by atoms with Crippen LogP contribution in [0.25, 0.3) is 0 Å². The van der Waals surface area contributed by atoms with Gasteiger partial charge >= 0.3 is 5.97 Å². The van der Waals surface area contributed by atoms with E-state index in [1.165, 1.54) is 0 Å². The molecule has 6 heteroatoms. The Morgan fingerprint density at radius 2 is 2.11 bits per heavy atom. The lowest BCUT2D eigenvalue weighted by Gasteiger charge is -2.26. The summed E-state index contributed by atoms with van der Waals surface area (Å²) in [6.07, 6.45) is 3.27. The number of fused-ring (bicyclic) bond motifs is 2. The summed E-state index contributed by atoms with van der Waals surface area (Å²) >= 11 is 7.99. The van der Waals surface area contributed by atoms with Crippen LogP contribution in [0, 0.1) is 0 Å². The molecule has 2 aromatic rings. The summed E-state index contributed by atoms with van der Waals surface area (Å²) in [5.74, 6) is 1.02. The molecule has 0 saturated carbocycles. The Morgan fingerprint density at radius 1 is 1.29 bits per heavy atom. The number of rotatable bonds is 5. The number of hydrogen-bond acceptors (Lipinski definition) is 4. The Labute approximate surface area is 174 Å². The average Bonchev–Trinajstić information content (AvgIpc) is 2.94. The first-order chi connectivity index (χ1) is 13.3. The minimum absolute atomic E-state index is 0.0195. The Bertz CT molecular complexity index is 925. The van der Waals surface area contributed by atoms with Gasteiger partial charge in [0.15, 0.2) is 0 Å². The maximum atomic E-state index is 10.8. The minimum Gasteiger partial charge on any atom is -0.490 e. The molecular formula is C22H23ClO4S. The van der Waals surface area contributed by atoms with Crippen LogP contribution < -0.4 is 9.47 Å². The monoisotopic (exact) mass is 418 g/mol. The van der Waals surface area contributed by atoms with E-state index in [-0.39, 0.29) is 18.1 Å². The smallest absolute Gasteiger partial charge is 0.303 e. The lowest BCUT2D eigenvalue weighted by Crippen LogP contribution is -2.24. The van der Waals surface area contributed by atoms with E-state index < -0.39 is 5.97 Å². The zero-order chi connectivity index (χ0) is 19.9. The highest BCUT2D eigenvalue weighted by molar-refractivity contribution is 7.99. The van der Waals surface area contributed by atoms with E-state index >= 15 is 0 Å². The first-order valence-electron chi connectivity index (χ1n) is 9.50. The van der Waals surface area contributed by atoms with E-state index in [9.17, 15) is 4.79 Å². The second-order valence-electron chi connectivity index (χ2n) is 8.01. The number of carboxylic acid groups (broad SMARTS) is 1. The average molecular weight is 419 g/mol. The molecule has 4 rings (SSSR count). The fourth-order valence-corrected chi connectivity index (χ4v) is 5.16. The lowest BCUT2D eigenvalue weighted by molar-refractivity contribution is -0.137. The number of ether oxygens (including phenoxy) is 2. The molecular weight excluding hydrogens is 396 g/mol. The van der Waals surface area contributed by atoms with Crippen molar-refractivity contribution >= 4 is 29.3 Å². The third kappa shape index (κ3) is 4.26. The van der Waals surface area contributed by atoms with Crippen LogP contribution in [0.3, 0.4) is 0 Å². The van der Waals surface area contributed by atoms with Crippen molar-refractivity contribution in [1.29, 1.82) is 0 Å². The largest absolute Gasteiger partial charge is 0.490 e. The van der Waals surface area contributed by atoms with Crippen molar-refractivity contribution in [1.82, 2.24) is 0 Å². The predicted octanol–water partition coefficient (Wildman–Crippen LogP) is 5.76. The molecule has 2 heterocycles. The summed E-state index contributed by atoms with van der Waals surface area (Å²) in [4.78, 5) is 12.9. The first kappa shape index (κ1) is 19.5. The zero-order valence-corrected chi connectivity index (χ0v) is 17.5. The van der Waals surface area contributed by atoms with Gasteiger partial charge in [0.05, 0.1) is 11.0 Å². The maximum absolute atomic E-state index is 10.8. The van der Waals surface area contributed by atoms with Gasteiger partial charge in [-0.2, -0.15) is 0 Å². The Hall–Kier alpha value is -1.85. The van der Waals surface area contributed by atoms with Crippen molar-refractivity contribution in [2.24, 2.45) is 0 Å². The van der Waals surface area contributed by atoms with Gasteiger partial charge in [0, 0.05) is 28.3 Å². The van der Waals surface area contributed by atoms with Gasteiger partial charge in [-0.3, -0.25) is 4.79 Å². The second kappa shape index (κ2) is 7.53. The minimum atomic E-state index is -0.777. The summed E-state index contributed by atoms with van der Waals surface area (Å²) in [5.41, 5.74) is 2.11. The molecule has 0 amide bonds. The van der Waals surface area contributed by atoms with Gasteiger partial charge in [-0.05, 0) is 69.0 Å². The third-order valence-electron chi connectivity index (χ3n) is 5.06. The molecule has 0 aliphatic carbocycles. The molecule has 1 unspecified atom stereocenters. The summed E-state index contributed by atoms with van der Waals surface area (Å²) < 4.78 is 12.2. The normalized spacial score (nSPS) is 19.3. The quantitative estimate of drug-likeness (QED) is 0.668. The number of carboxylic acids is 1. The molecule has 2 aliphatic rings. The molecule has 0 saturated heterocycles. The molecule has 2 aliphatic heterocycles. The van der Waals surface area contributed by atoms with E-state index in [2.05, 4.69) is 19.9 Å². The number of aliphatic carboxylic acids is 1. The number of aryl methyl sites for hydroxylation is 1. The molecule has 2 aromatic carbocycles. The van der Waals surface area contributed by atoms with Gasteiger partial charge in [0.25, 0.3) is 0 Å². The summed E-state index contributed by atoms with van der Waals surface area (Å²) in [6.45, 7) is 4.18. The lowest BCUT2D eigenvalue weighted by atomic mass is 9.99. The van der Waals surface area contributed by atoms with Crippen molar-refractivity contribution in [2.45, 2.75) is 67.4 Å². The Kier molecular flexibility index (Phi) is 5.23. The number of hydrogen-bond donors (Lipinski definition) is 1. The van der Waals surface area contributed by atoms with Crippen molar-refractivity contribution < 1.29 is 19.4 Å². The van der Waals surface area contributed by atoms with Crippen LogP contribution >= 0.6 is 23.4 Å².